The van der Waals surface area contributed by atoms with Gasteiger partial charge in [-0.1, -0.05) is 25.1 Å². The molecule has 0 saturated heterocycles. The molecular formula is C15H23NO2. The molecule has 0 bridgehead atoms. The molecule has 0 heterocycles. The summed E-state index contributed by atoms with van der Waals surface area (Å²) in [6.07, 6.45) is 0.381. The fraction of sp³-hybridized carbons (Fsp3) is 0.533. The zero-order valence-electron chi connectivity index (χ0n) is 11.7. The zero-order chi connectivity index (χ0) is 13.5. The first-order chi connectivity index (χ1) is 8.60. The maximum atomic E-state index is 11.6. The minimum Gasteiger partial charge on any atom is -0.466 e. The van der Waals surface area contributed by atoms with Crippen molar-refractivity contribution in [3.05, 3.63) is 34.9 Å². The van der Waals surface area contributed by atoms with Crippen LogP contribution in [0.15, 0.2) is 18.2 Å². The average Bonchev–Trinajstić information content (AvgIpc) is 2.32. The molecule has 0 aliphatic heterocycles. The van der Waals surface area contributed by atoms with Crippen LogP contribution >= 0.6 is 0 Å². The Balaban J connectivity index is 2.90. The highest BCUT2D eigenvalue weighted by atomic mass is 16.5. The van der Waals surface area contributed by atoms with Crippen molar-refractivity contribution in [3.8, 4) is 0 Å². The number of ether oxygens (including phenoxy) is 1. The van der Waals surface area contributed by atoms with E-state index in [0.717, 1.165) is 6.54 Å². The number of hydrogen-bond acceptors (Lipinski definition) is 3. The van der Waals surface area contributed by atoms with Crippen molar-refractivity contribution >= 4 is 5.97 Å². The van der Waals surface area contributed by atoms with E-state index in [4.69, 9.17) is 4.74 Å². The SMILES string of the molecule is CCNC(CC(=O)OCC)c1cccc(C)c1C. The van der Waals surface area contributed by atoms with Gasteiger partial charge in [0.05, 0.1) is 13.0 Å². The van der Waals surface area contributed by atoms with Crippen LogP contribution in [0.1, 0.15) is 43.0 Å². The number of benzene rings is 1. The van der Waals surface area contributed by atoms with E-state index in [2.05, 4.69) is 31.3 Å². The van der Waals surface area contributed by atoms with Crippen LogP contribution < -0.4 is 5.32 Å². The number of aryl methyl sites for hydroxylation is 1. The predicted molar refractivity (Wildman–Crippen MR) is 73.6 cm³/mol. The summed E-state index contributed by atoms with van der Waals surface area (Å²) in [6.45, 7) is 9.33. The lowest BCUT2D eigenvalue weighted by Crippen LogP contribution is -2.25. The molecule has 1 N–H and O–H groups in total. The third-order valence-electron chi connectivity index (χ3n) is 3.15. The number of rotatable bonds is 6. The van der Waals surface area contributed by atoms with Crippen LogP contribution in [0.5, 0.6) is 0 Å². The highest BCUT2D eigenvalue weighted by Gasteiger charge is 2.18. The summed E-state index contributed by atoms with van der Waals surface area (Å²) in [4.78, 5) is 11.6. The summed E-state index contributed by atoms with van der Waals surface area (Å²) in [5.74, 6) is -0.149. The van der Waals surface area contributed by atoms with Crippen molar-refractivity contribution < 1.29 is 9.53 Å². The lowest BCUT2D eigenvalue weighted by Gasteiger charge is -2.20. The van der Waals surface area contributed by atoms with Crippen LogP contribution in [0.3, 0.4) is 0 Å². The van der Waals surface area contributed by atoms with Gasteiger partial charge in [0.1, 0.15) is 0 Å². The lowest BCUT2D eigenvalue weighted by atomic mass is 9.95. The summed E-state index contributed by atoms with van der Waals surface area (Å²) >= 11 is 0. The topological polar surface area (TPSA) is 38.3 Å². The van der Waals surface area contributed by atoms with E-state index in [1.807, 2.05) is 19.9 Å². The molecule has 0 saturated carbocycles. The van der Waals surface area contributed by atoms with Crippen LogP contribution in [0.2, 0.25) is 0 Å². The predicted octanol–water partition coefficient (Wildman–Crippen LogP) is 2.91. The zero-order valence-corrected chi connectivity index (χ0v) is 11.7. The smallest absolute Gasteiger partial charge is 0.307 e. The second-order valence-corrected chi connectivity index (χ2v) is 4.41. The van der Waals surface area contributed by atoms with Gasteiger partial charge in [-0.3, -0.25) is 4.79 Å². The van der Waals surface area contributed by atoms with E-state index in [1.54, 1.807) is 0 Å². The molecule has 0 fully saturated rings. The van der Waals surface area contributed by atoms with E-state index in [9.17, 15) is 4.79 Å². The summed E-state index contributed by atoms with van der Waals surface area (Å²) in [7, 11) is 0. The number of carbonyl (C=O) groups excluding carboxylic acids is 1. The van der Waals surface area contributed by atoms with Crippen molar-refractivity contribution in [1.29, 1.82) is 0 Å². The van der Waals surface area contributed by atoms with Gasteiger partial charge in [-0.2, -0.15) is 0 Å². The maximum absolute atomic E-state index is 11.6. The molecule has 1 aromatic carbocycles. The molecule has 1 aromatic rings. The Hall–Kier alpha value is -1.35. The number of nitrogens with one attached hydrogen (secondary N) is 1. The first-order valence-electron chi connectivity index (χ1n) is 6.55. The van der Waals surface area contributed by atoms with E-state index < -0.39 is 0 Å². The molecule has 0 aliphatic carbocycles. The third kappa shape index (κ3) is 3.84. The van der Waals surface area contributed by atoms with Crippen LogP contribution in [0.25, 0.3) is 0 Å². The Morgan fingerprint density at radius 1 is 1.33 bits per heavy atom. The van der Waals surface area contributed by atoms with Crippen LogP contribution in [-0.2, 0) is 9.53 Å². The Bertz CT molecular complexity index is 401. The second kappa shape index (κ2) is 7.17. The van der Waals surface area contributed by atoms with Gasteiger partial charge < -0.3 is 10.1 Å². The first kappa shape index (κ1) is 14.7. The quantitative estimate of drug-likeness (QED) is 0.788. The Kier molecular flexibility index (Phi) is 5.86. The number of hydrogen-bond donors (Lipinski definition) is 1. The molecule has 1 rings (SSSR count). The van der Waals surface area contributed by atoms with E-state index in [1.165, 1.54) is 16.7 Å². The Labute approximate surface area is 110 Å². The van der Waals surface area contributed by atoms with Gasteiger partial charge >= 0.3 is 5.97 Å². The van der Waals surface area contributed by atoms with Crippen molar-refractivity contribution in [2.75, 3.05) is 13.2 Å². The van der Waals surface area contributed by atoms with Crippen LogP contribution in [0.4, 0.5) is 0 Å². The molecular weight excluding hydrogens is 226 g/mol. The molecule has 0 spiro atoms. The van der Waals surface area contributed by atoms with Crippen molar-refractivity contribution in [2.24, 2.45) is 0 Å². The Morgan fingerprint density at radius 3 is 2.67 bits per heavy atom. The molecule has 1 unspecified atom stereocenters. The molecule has 18 heavy (non-hydrogen) atoms. The highest BCUT2D eigenvalue weighted by molar-refractivity contribution is 5.70. The summed E-state index contributed by atoms with van der Waals surface area (Å²) in [6, 6.07) is 6.24. The molecule has 3 nitrogen and oxygen atoms in total. The van der Waals surface area contributed by atoms with Gasteiger partial charge in [-0.25, -0.2) is 0 Å². The third-order valence-corrected chi connectivity index (χ3v) is 3.15. The average molecular weight is 249 g/mol. The maximum Gasteiger partial charge on any atom is 0.307 e. The van der Waals surface area contributed by atoms with Crippen LogP contribution in [0, 0.1) is 13.8 Å². The molecule has 3 heteroatoms. The van der Waals surface area contributed by atoms with Gasteiger partial charge in [0, 0.05) is 6.04 Å². The minimum absolute atomic E-state index is 0.0361. The van der Waals surface area contributed by atoms with E-state index in [-0.39, 0.29) is 12.0 Å². The minimum atomic E-state index is -0.149. The van der Waals surface area contributed by atoms with Crippen molar-refractivity contribution in [1.82, 2.24) is 5.32 Å². The molecule has 100 valence electrons. The van der Waals surface area contributed by atoms with Gasteiger partial charge in [0.25, 0.3) is 0 Å². The van der Waals surface area contributed by atoms with Crippen molar-refractivity contribution in [3.63, 3.8) is 0 Å². The molecule has 1 atom stereocenters. The molecule has 0 aromatic heterocycles. The summed E-state index contributed by atoms with van der Waals surface area (Å²) in [5.41, 5.74) is 3.68. The van der Waals surface area contributed by atoms with Crippen LogP contribution in [-0.4, -0.2) is 19.1 Å². The van der Waals surface area contributed by atoms with E-state index in [0.29, 0.717) is 13.0 Å². The summed E-state index contributed by atoms with van der Waals surface area (Å²) in [5, 5.41) is 3.36. The molecule has 0 radical (unpaired) electrons. The van der Waals surface area contributed by atoms with Gasteiger partial charge in [-0.15, -0.1) is 0 Å². The summed E-state index contributed by atoms with van der Waals surface area (Å²) < 4.78 is 5.03. The Morgan fingerprint density at radius 2 is 2.06 bits per heavy atom. The van der Waals surface area contributed by atoms with Crippen molar-refractivity contribution in [2.45, 2.75) is 40.2 Å². The molecule has 0 amide bonds. The largest absolute Gasteiger partial charge is 0.466 e. The molecule has 0 aliphatic rings. The standard InChI is InChI=1S/C15H23NO2/c1-5-16-14(10-15(17)18-6-2)13-9-7-8-11(3)12(13)4/h7-9,14,16H,5-6,10H2,1-4H3. The first-order valence-corrected chi connectivity index (χ1v) is 6.55. The monoisotopic (exact) mass is 249 g/mol. The van der Waals surface area contributed by atoms with E-state index >= 15 is 0 Å². The fourth-order valence-electron chi connectivity index (χ4n) is 2.08. The lowest BCUT2D eigenvalue weighted by molar-refractivity contribution is -0.143. The van der Waals surface area contributed by atoms with Gasteiger partial charge in [0.2, 0.25) is 0 Å². The van der Waals surface area contributed by atoms with Gasteiger partial charge in [-0.05, 0) is 44.0 Å². The normalized spacial score (nSPS) is 12.2. The highest BCUT2D eigenvalue weighted by Crippen LogP contribution is 2.23. The number of carbonyl (C=O) groups is 1. The second-order valence-electron chi connectivity index (χ2n) is 4.41. The fourth-order valence-corrected chi connectivity index (χ4v) is 2.08. The number of esters is 1. The van der Waals surface area contributed by atoms with Gasteiger partial charge in [0.15, 0.2) is 0 Å².